The minimum Gasteiger partial charge on any atom is -0.380 e. The van der Waals surface area contributed by atoms with Crippen molar-refractivity contribution in [3.8, 4) is 0 Å². The van der Waals surface area contributed by atoms with E-state index in [0.29, 0.717) is 18.4 Å². The number of hydrogen-bond acceptors (Lipinski definition) is 6. The van der Waals surface area contributed by atoms with Crippen molar-refractivity contribution in [2.45, 2.75) is 6.61 Å². The van der Waals surface area contributed by atoms with Crippen molar-refractivity contribution in [3.05, 3.63) is 40.5 Å². The number of ether oxygens (including phenoxy) is 1. The molecule has 0 saturated carbocycles. The molecule has 0 fully saturated rings. The molecule has 0 bridgehead atoms. The molecule has 6 nitrogen and oxygen atoms in total. The number of hydrazine groups is 1. The summed E-state index contributed by atoms with van der Waals surface area (Å²) in [5.74, 6) is 6.28. The Balaban J connectivity index is 2.30. The molecule has 7 heteroatoms. The van der Waals surface area contributed by atoms with E-state index >= 15 is 0 Å². The van der Waals surface area contributed by atoms with E-state index in [4.69, 9.17) is 10.6 Å². The van der Waals surface area contributed by atoms with Gasteiger partial charge in [0.25, 0.3) is 0 Å². The van der Waals surface area contributed by atoms with Crippen LogP contribution in [0.15, 0.2) is 34.9 Å². The first kappa shape index (κ1) is 13.7. The maximum absolute atomic E-state index is 5.30. The van der Waals surface area contributed by atoms with Crippen LogP contribution in [0.25, 0.3) is 0 Å². The molecule has 1 heterocycles. The molecule has 0 amide bonds. The number of aromatic nitrogens is 2. The summed E-state index contributed by atoms with van der Waals surface area (Å²) in [6.07, 6.45) is 1.63. The third-order valence-electron chi connectivity index (χ3n) is 2.44. The number of nitrogens with one attached hydrogen (secondary N) is 2. The number of anilines is 3. The molecule has 0 spiro atoms. The summed E-state index contributed by atoms with van der Waals surface area (Å²) in [6.45, 7) is 0.522. The number of halogens is 1. The summed E-state index contributed by atoms with van der Waals surface area (Å²) >= 11 is 3.39. The second kappa shape index (κ2) is 6.46. The minimum atomic E-state index is 0.343. The molecule has 0 atom stereocenters. The SMILES string of the molecule is COCc1ccccc1Nc1nc(NN)ncc1Br. The highest BCUT2D eigenvalue weighted by atomic mass is 79.9. The zero-order valence-corrected chi connectivity index (χ0v) is 11.9. The van der Waals surface area contributed by atoms with E-state index in [1.54, 1.807) is 13.3 Å². The Morgan fingerprint density at radius 1 is 1.37 bits per heavy atom. The fourth-order valence-electron chi connectivity index (χ4n) is 1.58. The first-order chi connectivity index (χ1) is 9.24. The third-order valence-corrected chi connectivity index (χ3v) is 3.02. The van der Waals surface area contributed by atoms with Crippen molar-refractivity contribution in [1.29, 1.82) is 0 Å². The van der Waals surface area contributed by atoms with Crippen LogP contribution in [0, 0.1) is 0 Å². The van der Waals surface area contributed by atoms with E-state index < -0.39 is 0 Å². The Hall–Kier alpha value is -1.70. The average Bonchev–Trinajstić information content (AvgIpc) is 2.43. The van der Waals surface area contributed by atoms with Crippen LogP contribution in [0.3, 0.4) is 0 Å². The van der Waals surface area contributed by atoms with Gasteiger partial charge < -0.3 is 10.1 Å². The monoisotopic (exact) mass is 323 g/mol. The van der Waals surface area contributed by atoms with Crippen LogP contribution >= 0.6 is 15.9 Å². The summed E-state index contributed by atoms with van der Waals surface area (Å²) in [4.78, 5) is 8.24. The van der Waals surface area contributed by atoms with Crippen molar-refractivity contribution in [2.24, 2.45) is 5.84 Å². The highest BCUT2D eigenvalue weighted by Crippen LogP contribution is 2.26. The van der Waals surface area contributed by atoms with Crippen LogP contribution in [0.2, 0.25) is 0 Å². The summed E-state index contributed by atoms with van der Waals surface area (Å²) in [6, 6.07) is 7.85. The maximum Gasteiger partial charge on any atom is 0.239 e. The zero-order chi connectivity index (χ0) is 13.7. The van der Waals surface area contributed by atoms with Crippen molar-refractivity contribution in [1.82, 2.24) is 9.97 Å². The van der Waals surface area contributed by atoms with Gasteiger partial charge in [0.15, 0.2) is 0 Å². The summed E-state index contributed by atoms with van der Waals surface area (Å²) < 4.78 is 5.91. The highest BCUT2D eigenvalue weighted by molar-refractivity contribution is 9.10. The summed E-state index contributed by atoms with van der Waals surface area (Å²) in [5.41, 5.74) is 4.37. The molecule has 2 aromatic rings. The lowest BCUT2D eigenvalue weighted by molar-refractivity contribution is 0.185. The molecular weight excluding hydrogens is 310 g/mol. The molecule has 100 valence electrons. The fourth-order valence-corrected chi connectivity index (χ4v) is 1.87. The van der Waals surface area contributed by atoms with E-state index in [0.717, 1.165) is 15.7 Å². The fraction of sp³-hybridized carbons (Fsp3) is 0.167. The lowest BCUT2D eigenvalue weighted by Gasteiger charge is -2.12. The Bertz CT molecular complexity index is 564. The van der Waals surface area contributed by atoms with Gasteiger partial charge in [-0.1, -0.05) is 18.2 Å². The molecule has 1 aromatic heterocycles. The second-order valence-corrected chi connectivity index (χ2v) is 4.60. The van der Waals surface area contributed by atoms with E-state index in [2.05, 4.69) is 36.6 Å². The first-order valence-electron chi connectivity index (χ1n) is 5.57. The number of methoxy groups -OCH3 is 1. The van der Waals surface area contributed by atoms with E-state index in [-0.39, 0.29) is 0 Å². The maximum atomic E-state index is 5.30. The van der Waals surface area contributed by atoms with Crippen LogP contribution in [0.1, 0.15) is 5.56 Å². The van der Waals surface area contributed by atoms with Gasteiger partial charge in [-0.05, 0) is 22.0 Å². The smallest absolute Gasteiger partial charge is 0.239 e. The molecule has 1 aromatic carbocycles. The van der Waals surface area contributed by atoms with Gasteiger partial charge in [0.1, 0.15) is 5.82 Å². The van der Waals surface area contributed by atoms with Gasteiger partial charge >= 0.3 is 0 Å². The highest BCUT2D eigenvalue weighted by Gasteiger charge is 2.07. The van der Waals surface area contributed by atoms with Gasteiger partial charge in [0, 0.05) is 24.6 Å². The molecule has 0 aliphatic carbocycles. The second-order valence-electron chi connectivity index (χ2n) is 3.75. The third kappa shape index (κ3) is 3.40. The van der Waals surface area contributed by atoms with Crippen molar-refractivity contribution >= 4 is 33.4 Å². The number of para-hydroxylation sites is 1. The molecule has 0 aliphatic heterocycles. The van der Waals surface area contributed by atoms with Gasteiger partial charge in [-0.2, -0.15) is 4.98 Å². The first-order valence-corrected chi connectivity index (χ1v) is 6.37. The number of rotatable bonds is 5. The molecule has 4 N–H and O–H groups in total. The van der Waals surface area contributed by atoms with Crippen LogP contribution in [-0.4, -0.2) is 17.1 Å². The predicted molar refractivity (Wildman–Crippen MR) is 78.0 cm³/mol. The molecule has 19 heavy (non-hydrogen) atoms. The van der Waals surface area contributed by atoms with Crippen LogP contribution in [-0.2, 0) is 11.3 Å². The van der Waals surface area contributed by atoms with Gasteiger partial charge in [-0.25, -0.2) is 10.8 Å². The Kier molecular flexibility index (Phi) is 4.67. The van der Waals surface area contributed by atoms with Crippen LogP contribution in [0.4, 0.5) is 17.5 Å². The quantitative estimate of drug-likeness (QED) is 0.578. The summed E-state index contributed by atoms with van der Waals surface area (Å²) in [5, 5.41) is 3.23. The van der Waals surface area contributed by atoms with Crippen molar-refractivity contribution in [3.63, 3.8) is 0 Å². The molecule has 0 unspecified atom stereocenters. The molecule has 0 radical (unpaired) electrons. The Morgan fingerprint density at radius 2 is 2.16 bits per heavy atom. The number of hydrogen-bond donors (Lipinski definition) is 3. The Morgan fingerprint density at radius 3 is 2.89 bits per heavy atom. The number of nitrogens with zero attached hydrogens (tertiary/aromatic N) is 2. The van der Waals surface area contributed by atoms with Gasteiger partial charge in [0.05, 0.1) is 11.1 Å². The number of nitrogens with two attached hydrogens (primary N) is 1. The number of nitrogen functional groups attached to an aromatic ring is 1. The van der Waals surface area contributed by atoms with Gasteiger partial charge in [-0.15, -0.1) is 0 Å². The standard InChI is InChI=1S/C12H14BrN5O/c1-19-7-8-4-2-3-5-10(8)16-11-9(13)6-15-12(17-11)18-14/h2-6H,7,14H2,1H3,(H2,15,16,17,18). The number of benzene rings is 1. The van der Waals surface area contributed by atoms with Gasteiger partial charge in [0.2, 0.25) is 5.95 Å². The normalized spacial score (nSPS) is 10.3. The minimum absolute atomic E-state index is 0.343. The molecular formula is C12H14BrN5O. The van der Waals surface area contributed by atoms with E-state index in [1.165, 1.54) is 0 Å². The lowest BCUT2D eigenvalue weighted by Crippen LogP contribution is -2.11. The lowest BCUT2D eigenvalue weighted by atomic mass is 10.2. The van der Waals surface area contributed by atoms with Crippen LogP contribution in [0.5, 0.6) is 0 Å². The molecule has 0 saturated heterocycles. The van der Waals surface area contributed by atoms with E-state index in [9.17, 15) is 0 Å². The van der Waals surface area contributed by atoms with Gasteiger partial charge in [-0.3, -0.25) is 5.43 Å². The summed E-state index contributed by atoms with van der Waals surface area (Å²) in [7, 11) is 1.66. The van der Waals surface area contributed by atoms with E-state index in [1.807, 2.05) is 24.3 Å². The topological polar surface area (TPSA) is 85.1 Å². The van der Waals surface area contributed by atoms with Crippen molar-refractivity contribution in [2.75, 3.05) is 17.9 Å². The molecule has 0 aliphatic rings. The molecule has 2 rings (SSSR count). The predicted octanol–water partition coefficient (Wildman–Crippen LogP) is 2.41. The van der Waals surface area contributed by atoms with Crippen LogP contribution < -0.4 is 16.6 Å². The largest absolute Gasteiger partial charge is 0.380 e. The zero-order valence-electron chi connectivity index (χ0n) is 10.4. The van der Waals surface area contributed by atoms with Crippen molar-refractivity contribution < 1.29 is 4.74 Å². The average molecular weight is 324 g/mol. The Labute approximate surface area is 119 Å².